The maximum atomic E-state index is 12.6. The number of halogens is 1. The van der Waals surface area contributed by atoms with Crippen molar-refractivity contribution in [1.29, 1.82) is 0 Å². The molecule has 4 heteroatoms. The van der Waals surface area contributed by atoms with Crippen molar-refractivity contribution in [1.82, 2.24) is 9.38 Å². The molecule has 3 aromatic rings. The molecule has 22 heavy (non-hydrogen) atoms. The fourth-order valence-electron chi connectivity index (χ4n) is 2.91. The van der Waals surface area contributed by atoms with E-state index in [2.05, 4.69) is 23.2 Å². The largest absolute Gasteiger partial charge is 0.269 e. The highest BCUT2D eigenvalue weighted by Crippen LogP contribution is 2.30. The molecule has 0 atom stereocenters. The van der Waals surface area contributed by atoms with Gasteiger partial charge in [0.15, 0.2) is 0 Å². The van der Waals surface area contributed by atoms with E-state index in [1.807, 2.05) is 18.2 Å². The van der Waals surface area contributed by atoms with Gasteiger partial charge < -0.3 is 0 Å². The summed E-state index contributed by atoms with van der Waals surface area (Å²) in [6, 6.07) is 13.7. The molecule has 1 aliphatic carbocycles. The molecule has 0 aliphatic heterocycles. The van der Waals surface area contributed by atoms with Crippen molar-refractivity contribution in [2.75, 3.05) is 0 Å². The molecule has 0 spiro atoms. The summed E-state index contributed by atoms with van der Waals surface area (Å²) in [4.78, 5) is 17.3. The fraction of sp³-hybridized carbons (Fsp3) is 0.111. The Balaban J connectivity index is 1.92. The van der Waals surface area contributed by atoms with Crippen LogP contribution in [-0.4, -0.2) is 9.38 Å². The molecule has 0 bridgehead atoms. The molecule has 0 saturated heterocycles. The number of nitrogens with zero attached hydrogens (tertiary/aromatic N) is 2. The highest BCUT2D eigenvalue weighted by atomic mass is 35.5. The number of hydrogen-bond donors (Lipinski definition) is 0. The number of pyridine rings is 1. The van der Waals surface area contributed by atoms with Gasteiger partial charge in [-0.05, 0) is 42.2 Å². The lowest BCUT2D eigenvalue weighted by Crippen LogP contribution is -2.19. The van der Waals surface area contributed by atoms with Crippen molar-refractivity contribution >= 4 is 28.9 Å². The first-order chi connectivity index (χ1) is 10.7. The second kappa shape index (κ2) is 5.11. The topological polar surface area (TPSA) is 34.4 Å². The summed E-state index contributed by atoms with van der Waals surface area (Å²) < 4.78 is 1.53. The van der Waals surface area contributed by atoms with E-state index >= 15 is 0 Å². The van der Waals surface area contributed by atoms with Gasteiger partial charge in [0.25, 0.3) is 5.56 Å². The van der Waals surface area contributed by atoms with Gasteiger partial charge in [0, 0.05) is 11.8 Å². The average Bonchev–Trinajstić information content (AvgIpc) is 2.93. The van der Waals surface area contributed by atoms with Crippen molar-refractivity contribution in [3.63, 3.8) is 0 Å². The summed E-state index contributed by atoms with van der Waals surface area (Å²) in [5.74, 6) is 0. The Labute approximate surface area is 132 Å². The number of rotatable bonds is 1. The summed E-state index contributed by atoms with van der Waals surface area (Å²) >= 11 is 5.98. The number of fused-ring (bicyclic) bond motifs is 2. The Morgan fingerprint density at radius 2 is 1.91 bits per heavy atom. The lowest BCUT2D eigenvalue weighted by atomic mass is 10.1. The Morgan fingerprint density at radius 1 is 1.09 bits per heavy atom. The van der Waals surface area contributed by atoms with E-state index in [0.29, 0.717) is 10.7 Å². The zero-order chi connectivity index (χ0) is 15.1. The Kier molecular flexibility index (Phi) is 3.09. The van der Waals surface area contributed by atoms with Crippen molar-refractivity contribution in [3.05, 3.63) is 80.9 Å². The number of allylic oxidation sites excluding steroid dienone is 1. The Morgan fingerprint density at radius 3 is 2.73 bits per heavy atom. The van der Waals surface area contributed by atoms with Crippen LogP contribution in [0.4, 0.5) is 0 Å². The molecule has 0 fully saturated rings. The molecular formula is C18H13ClN2O. The Bertz CT molecular complexity index is 958. The molecule has 4 rings (SSSR count). The summed E-state index contributed by atoms with van der Waals surface area (Å²) in [7, 11) is 0. The van der Waals surface area contributed by atoms with Crippen LogP contribution in [0.1, 0.15) is 23.2 Å². The summed E-state index contributed by atoms with van der Waals surface area (Å²) in [5, 5.41) is 0.536. The van der Waals surface area contributed by atoms with Crippen molar-refractivity contribution in [2.45, 2.75) is 12.8 Å². The van der Waals surface area contributed by atoms with Gasteiger partial charge in [-0.2, -0.15) is 0 Å². The number of hydrogen-bond acceptors (Lipinski definition) is 2. The van der Waals surface area contributed by atoms with Crippen LogP contribution in [0.3, 0.4) is 0 Å². The molecule has 1 aromatic carbocycles. The molecule has 108 valence electrons. The molecule has 0 saturated carbocycles. The van der Waals surface area contributed by atoms with Crippen LogP contribution in [0.5, 0.6) is 0 Å². The quantitative estimate of drug-likeness (QED) is 0.684. The van der Waals surface area contributed by atoms with Gasteiger partial charge >= 0.3 is 0 Å². The third-order valence-corrected chi connectivity index (χ3v) is 4.19. The van der Waals surface area contributed by atoms with Crippen LogP contribution >= 0.6 is 11.6 Å². The molecule has 2 aromatic heterocycles. The molecule has 0 radical (unpaired) electrons. The summed E-state index contributed by atoms with van der Waals surface area (Å²) in [6.07, 6.45) is 5.32. The SMILES string of the molecule is O=c1c2c(nc3ccc(Cl)cn13)/C(=C\c1ccccc1)CC2. The first-order valence-electron chi connectivity index (χ1n) is 7.19. The maximum absolute atomic E-state index is 12.6. The predicted octanol–water partition coefficient (Wildman–Crippen LogP) is 3.83. The summed E-state index contributed by atoms with van der Waals surface area (Å²) in [6.45, 7) is 0. The van der Waals surface area contributed by atoms with Crippen LogP contribution in [-0.2, 0) is 6.42 Å². The van der Waals surface area contributed by atoms with Gasteiger partial charge in [0.2, 0.25) is 0 Å². The average molecular weight is 309 g/mol. The first-order valence-corrected chi connectivity index (χ1v) is 7.57. The van der Waals surface area contributed by atoms with Crippen LogP contribution in [0.25, 0.3) is 17.3 Å². The minimum atomic E-state index is -0.0149. The second-order valence-electron chi connectivity index (χ2n) is 5.40. The Hall–Kier alpha value is -2.39. The molecule has 1 aliphatic rings. The van der Waals surface area contributed by atoms with Crippen LogP contribution < -0.4 is 5.56 Å². The lowest BCUT2D eigenvalue weighted by molar-refractivity contribution is 0.971. The van der Waals surface area contributed by atoms with E-state index in [1.165, 1.54) is 4.40 Å². The molecule has 2 heterocycles. The highest BCUT2D eigenvalue weighted by Gasteiger charge is 2.22. The predicted molar refractivity (Wildman–Crippen MR) is 89.1 cm³/mol. The van der Waals surface area contributed by atoms with Crippen LogP contribution in [0.15, 0.2) is 53.5 Å². The van der Waals surface area contributed by atoms with Crippen molar-refractivity contribution < 1.29 is 0 Å². The maximum Gasteiger partial charge on any atom is 0.261 e. The van der Waals surface area contributed by atoms with Gasteiger partial charge in [0.05, 0.1) is 10.7 Å². The van der Waals surface area contributed by atoms with Gasteiger partial charge in [-0.15, -0.1) is 0 Å². The minimum absolute atomic E-state index is 0.0149. The van der Waals surface area contributed by atoms with Crippen LogP contribution in [0.2, 0.25) is 5.02 Å². The number of aromatic nitrogens is 2. The monoisotopic (exact) mass is 308 g/mol. The van der Waals surface area contributed by atoms with Gasteiger partial charge in [0.1, 0.15) is 5.65 Å². The van der Waals surface area contributed by atoms with Crippen molar-refractivity contribution in [3.8, 4) is 0 Å². The fourth-order valence-corrected chi connectivity index (χ4v) is 3.07. The number of benzene rings is 1. The molecular weight excluding hydrogens is 296 g/mol. The normalized spacial score (nSPS) is 15.4. The zero-order valence-corrected chi connectivity index (χ0v) is 12.5. The van der Waals surface area contributed by atoms with E-state index in [4.69, 9.17) is 11.6 Å². The first kappa shape index (κ1) is 13.3. The van der Waals surface area contributed by atoms with E-state index in [1.54, 1.807) is 18.3 Å². The molecule has 0 amide bonds. The van der Waals surface area contributed by atoms with E-state index in [0.717, 1.165) is 35.2 Å². The highest BCUT2D eigenvalue weighted by molar-refractivity contribution is 6.30. The molecule has 0 unspecified atom stereocenters. The third kappa shape index (κ3) is 2.14. The van der Waals surface area contributed by atoms with E-state index in [-0.39, 0.29) is 5.56 Å². The van der Waals surface area contributed by atoms with Gasteiger partial charge in [-0.25, -0.2) is 4.98 Å². The zero-order valence-electron chi connectivity index (χ0n) is 11.8. The lowest BCUT2D eigenvalue weighted by Gasteiger charge is -2.05. The van der Waals surface area contributed by atoms with Crippen LogP contribution in [0, 0.1) is 0 Å². The van der Waals surface area contributed by atoms with Crippen molar-refractivity contribution in [2.24, 2.45) is 0 Å². The van der Waals surface area contributed by atoms with Gasteiger partial charge in [-0.3, -0.25) is 9.20 Å². The summed E-state index contributed by atoms with van der Waals surface area (Å²) in [5.41, 5.74) is 4.48. The minimum Gasteiger partial charge on any atom is -0.269 e. The second-order valence-corrected chi connectivity index (χ2v) is 5.84. The molecule has 3 nitrogen and oxygen atoms in total. The third-order valence-electron chi connectivity index (χ3n) is 3.97. The van der Waals surface area contributed by atoms with E-state index in [9.17, 15) is 4.79 Å². The van der Waals surface area contributed by atoms with E-state index < -0.39 is 0 Å². The smallest absolute Gasteiger partial charge is 0.261 e. The van der Waals surface area contributed by atoms with Gasteiger partial charge in [-0.1, -0.05) is 41.9 Å². The molecule has 0 N–H and O–H groups in total. The standard InChI is InChI=1S/C18H13ClN2O/c19-14-7-9-16-20-17-13(10-12-4-2-1-3-5-12)6-8-15(17)18(22)21(16)11-14/h1-5,7,9-11H,6,8H2/b13-10-.